The molecule has 22 heavy (non-hydrogen) atoms. The maximum absolute atomic E-state index is 9.70. The molecule has 4 rings (SSSR count). The molecule has 0 amide bonds. The van der Waals surface area contributed by atoms with E-state index in [2.05, 4.69) is 15.3 Å². The third-order valence-corrected chi connectivity index (χ3v) is 4.19. The number of hydrogen-bond donors (Lipinski definition) is 3. The molecule has 112 valence electrons. The van der Waals surface area contributed by atoms with Gasteiger partial charge in [-0.2, -0.15) is 0 Å². The number of anilines is 1. The van der Waals surface area contributed by atoms with E-state index in [4.69, 9.17) is 4.98 Å². The smallest absolute Gasteiger partial charge is 0.163 e. The van der Waals surface area contributed by atoms with E-state index in [0.29, 0.717) is 5.82 Å². The second kappa shape index (κ2) is 5.42. The highest BCUT2D eigenvalue weighted by atomic mass is 16.3. The number of aliphatic hydroxyl groups is 1. The Morgan fingerprint density at radius 3 is 2.73 bits per heavy atom. The fraction of sp³-hybridized carbons (Fsp3) is 0.294. The lowest BCUT2D eigenvalue weighted by Gasteiger charge is -2.14. The van der Waals surface area contributed by atoms with Gasteiger partial charge in [0.05, 0.1) is 11.5 Å². The van der Waals surface area contributed by atoms with Gasteiger partial charge in [0.25, 0.3) is 0 Å². The number of rotatable bonds is 3. The third kappa shape index (κ3) is 2.44. The van der Waals surface area contributed by atoms with Crippen molar-refractivity contribution in [3.63, 3.8) is 0 Å². The van der Waals surface area contributed by atoms with E-state index in [1.165, 1.54) is 0 Å². The molecule has 0 aliphatic heterocycles. The van der Waals surface area contributed by atoms with Crippen molar-refractivity contribution in [2.45, 2.75) is 31.4 Å². The first-order valence-electron chi connectivity index (χ1n) is 7.65. The zero-order valence-electron chi connectivity index (χ0n) is 12.2. The van der Waals surface area contributed by atoms with Crippen LogP contribution in [0.5, 0.6) is 0 Å². The molecule has 0 radical (unpaired) electrons. The Morgan fingerprint density at radius 2 is 1.95 bits per heavy atom. The van der Waals surface area contributed by atoms with Crippen molar-refractivity contribution in [2.75, 3.05) is 5.32 Å². The molecule has 3 N–H and O–H groups in total. The zero-order chi connectivity index (χ0) is 14.9. The van der Waals surface area contributed by atoms with Crippen LogP contribution in [0.15, 0.2) is 42.6 Å². The molecule has 5 heteroatoms. The summed E-state index contributed by atoms with van der Waals surface area (Å²) in [7, 11) is 0. The van der Waals surface area contributed by atoms with E-state index < -0.39 is 0 Å². The lowest BCUT2D eigenvalue weighted by Crippen LogP contribution is -2.18. The van der Waals surface area contributed by atoms with E-state index in [-0.39, 0.29) is 12.1 Å². The van der Waals surface area contributed by atoms with Crippen molar-refractivity contribution < 1.29 is 5.11 Å². The van der Waals surface area contributed by atoms with Gasteiger partial charge in [-0.25, -0.2) is 9.97 Å². The summed E-state index contributed by atoms with van der Waals surface area (Å²) >= 11 is 0. The van der Waals surface area contributed by atoms with Gasteiger partial charge in [0.2, 0.25) is 0 Å². The number of aromatic amines is 1. The molecule has 0 spiro atoms. The third-order valence-electron chi connectivity index (χ3n) is 4.19. The van der Waals surface area contributed by atoms with E-state index in [1.54, 1.807) is 0 Å². The van der Waals surface area contributed by atoms with Gasteiger partial charge in [-0.15, -0.1) is 0 Å². The van der Waals surface area contributed by atoms with Gasteiger partial charge >= 0.3 is 0 Å². The summed E-state index contributed by atoms with van der Waals surface area (Å²) in [6.07, 6.45) is 4.27. The SMILES string of the molecule is OC1CC[C@@H](Nc2nc(-c3ccccc3)nc3[nH]ccc23)C1. The molecule has 1 fully saturated rings. The number of H-pyrrole nitrogens is 1. The van der Waals surface area contributed by atoms with Crippen LogP contribution in [0, 0.1) is 0 Å². The van der Waals surface area contributed by atoms with Crippen LogP contribution in [0.2, 0.25) is 0 Å². The van der Waals surface area contributed by atoms with Crippen molar-refractivity contribution in [1.82, 2.24) is 15.0 Å². The summed E-state index contributed by atoms with van der Waals surface area (Å²) in [6.45, 7) is 0. The maximum atomic E-state index is 9.70. The number of benzene rings is 1. The van der Waals surface area contributed by atoms with Gasteiger partial charge < -0.3 is 15.4 Å². The molecule has 3 aromatic rings. The summed E-state index contributed by atoms with van der Waals surface area (Å²) in [4.78, 5) is 12.5. The minimum absolute atomic E-state index is 0.199. The molecular formula is C17H18N4O. The summed E-state index contributed by atoms with van der Waals surface area (Å²) < 4.78 is 0. The van der Waals surface area contributed by atoms with Gasteiger partial charge in [0, 0.05) is 17.8 Å². The summed E-state index contributed by atoms with van der Waals surface area (Å²) in [5.41, 5.74) is 1.82. The Kier molecular flexibility index (Phi) is 3.27. The Hall–Kier alpha value is -2.40. The van der Waals surface area contributed by atoms with Crippen LogP contribution in [0.1, 0.15) is 19.3 Å². The normalized spacial score (nSPS) is 21.3. The van der Waals surface area contributed by atoms with Crippen molar-refractivity contribution in [1.29, 1.82) is 0 Å². The molecule has 1 aliphatic rings. The molecule has 5 nitrogen and oxygen atoms in total. The number of aromatic nitrogens is 3. The topological polar surface area (TPSA) is 73.8 Å². The molecule has 1 aliphatic carbocycles. The van der Waals surface area contributed by atoms with Crippen LogP contribution in [0.3, 0.4) is 0 Å². The summed E-state index contributed by atoms with van der Waals surface area (Å²) in [6, 6.07) is 12.2. The van der Waals surface area contributed by atoms with Gasteiger partial charge in [-0.1, -0.05) is 30.3 Å². The average molecular weight is 294 g/mol. The van der Waals surface area contributed by atoms with E-state index in [9.17, 15) is 5.11 Å². The predicted molar refractivity (Wildman–Crippen MR) is 86.6 cm³/mol. The van der Waals surface area contributed by atoms with E-state index in [0.717, 1.165) is 41.7 Å². The quantitative estimate of drug-likeness (QED) is 0.694. The fourth-order valence-electron chi connectivity index (χ4n) is 3.05. The van der Waals surface area contributed by atoms with Crippen LogP contribution in [0.4, 0.5) is 5.82 Å². The van der Waals surface area contributed by atoms with Gasteiger partial charge in [-0.05, 0) is 25.3 Å². The van der Waals surface area contributed by atoms with Crippen LogP contribution >= 0.6 is 0 Å². The molecule has 1 saturated carbocycles. The number of fused-ring (bicyclic) bond motifs is 1. The largest absolute Gasteiger partial charge is 0.393 e. The van der Waals surface area contributed by atoms with Crippen molar-refractivity contribution >= 4 is 16.9 Å². The highest BCUT2D eigenvalue weighted by molar-refractivity contribution is 5.88. The maximum Gasteiger partial charge on any atom is 0.163 e. The van der Waals surface area contributed by atoms with Crippen molar-refractivity contribution in [3.05, 3.63) is 42.6 Å². The highest BCUT2D eigenvalue weighted by Gasteiger charge is 2.24. The monoisotopic (exact) mass is 294 g/mol. The molecule has 2 heterocycles. The van der Waals surface area contributed by atoms with Gasteiger partial charge in [0.1, 0.15) is 11.5 Å². The van der Waals surface area contributed by atoms with Crippen molar-refractivity contribution in [3.8, 4) is 11.4 Å². The van der Waals surface area contributed by atoms with Gasteiger partial charge in [-0.3, -0.25) is 0 Å². The van der Waals surface area contributed by atoms with E-state index >= 15 is 0 Å². The fourth-order valence-corrected chi connectivity index (χ4v) is 3.05. The number of nitrogens with one attached hydrogen (secondary N) is 2. The first-order chi connectivity index (χ1) is 10.8. The zero-order valence-corrected chi connectivity index (χ0v) is 12.2. The van der Waals surface area contributed by atoms with Crippen molar-refractivity contribution in [2.24, 2.45) is 0 Å². The minimum atomic E-state index is -0.199. The minimum Gasteiger partial charge on any atom is -0.393 e. The molecule has 2 aromatic heterocycles. The second-order valence-corrected chi connectivity index (χ2v) is 5.81. The van der Waals surface area contributed by atoms with Crippen LogP contribution in [0.25, 0.3) is 22.4 Å². The Bertz CT molecular complexity index is 784. The summed E-state index contributed by atoms with van der Waals surface area (Å²) in [5, 5.41) is 14.2. The summed E-state index contributed by atoms with van der Waals surface area (Å²) in [5.74, 6) is 1.54. The number of hydrogen-bond acceptors (Lipinski definition) is 4. The first kappa shape index (κ1) is 13.3. The van der Waals surface area contributed by atoms with Crippen LogP contribution in [-0.4, -0.2) is 32.2 Å². The highest BCUT2D eigenvalue weighted by Crippen LogP contribution is 2.28. The molecule has 1 unspecified atom stereocenters. The lowest BCUT2D eigenvalue weighted by molar-refractivity contribution is 0.182. The first-order valence-corrected chi connectivity index (χ1v) is 7.65. The average Bonchev–Trinajstić information content (AvgIpc) is 3.17. The van der Waals surface area contributed by atoms with E-state index in [1.807, 2.05) is 42.6 Å². The van der Waals surface area contributed by atoms with Gasteiger partial charge in [0.15, 0.2) is 5.82 Å². The Balaban J connectivity index is 1.74. The van der Waals surface area contributed by atoms with Crippen LogP contribution in [-0.2, 0) is 0 Å². The lowest BCUT2D eigenvalue weighted by atomic mass is 10.2. The predicted octanol–water partition coefficient (Wildman–Crippen LogP) is 2.95. The molecule has 1 aromatic carbocycles. The molecule has 0 bridgehead atoms. The number of nitrogens with zero attached hydrogens (tertiary/aromatic N) is 2. The Morgan fingerprint density at radius 1 is 1.09 bits per heavy atom. The molecular weight excluding hydrogens is 276 g/mol. The molecule has 0 saturated heterocycles. The van der Waals surface area contributed by atoms with Crippen LogP contribution < -0.4 is 5.32 Å². The molecule has 2 atom stereocenters. The second-order valence-electron chi connectivity index (χ2n) is 5.81. The Labute approximate surface area is 128 Å². The number of aliphatic hydroxyl groups excluding tert-OH is 1. The standard InChI is InChI=1S/C17H18N4O/c22-13-7-6-12(10-13)19-17-14-8-9-18-16(14)20-15(21-17)11-4-2-1-3-5-11/h1-5,8-9,12-13,22H,6-7,10H2,(H2,18,19,20,21)/t12-,13?/m1/s1.